The summed E-state index contributed by atoms with van der Waals surface area (Å²) in [7, 11) is 0. The van der Waals surface area contributed by atoms with Gasteiger partial charge in [0.05, 0.1) is 0 Å². The summed E-state index contributed by atoms with van der Waals surface area (Å²) >= 11 is 1.85. The molecule has 1 N–H and O–H groups in total. The average molecular weight is 273 g/mol. The molecule has 2 heteroatoms. The van der Waals surface area contributed by atoms with Crippen molar-refractivity contribution in [3.8, 4) is 0 Å². The molecule has 0 aliphatic carbocycles. The monoisotopic (exact) mass is 273 g/mol. The SMILES string of the molecule is Cc1sccc1CC(CNC(C)C)c1ccccc1. The van der Waals surface area contributed by atoms with E-state index in [0.29, 0.717) is 12.0 Å². The van der Waals surface area contributed by atoms with Crippen LogP contribution >= 0.6 is 11.3 Å². The van der Waals surface area contributed by atoms with Gasteiger partial charge in [-0.2, -0.15) is 0 Å². The fourth-order valence-electron chi connectivity index (χ4n) is 2.30. The fourth-order valence-corrected chi connectivity index (χ4v) is 3.04. The first-order valence-electron chi connectivity index (χ1n) is 6.98. The highest BCUT2D eigenvalue weighted by Gasteiger charge is 2.14. The van der Waals surface area contributed by atoms with E-state index in [1.54, 1.807) is 0 Å². The normalized spacial score (nSPS) is 12.8. The van der Waals surface area contributed by atoms with Crippen LogP contribution < -0.4 is 5.32 Å². The zero-order valence-corrected chi connectivity index (χ0v) is 12.8. The van der Waals surface area contributed by atoms with E-state index in [1.807, 2.05) is 11.3 Å². The maximum Gasteiger partial charge on any atom is 0.00464 e. The summed E-state index contributed by atoms with van der Waals surface area (Å²) < 4.78 is 0. The van der Waals surface area contributed by atoms with Crippen molar-refractivity contribution in [2.24, 2.45) is 0 Å². The molecule has 102 valence electrons. The zero-order chi connectivity index (χ0) is 13.7. The Morgan fingerprint density at radius 2 is 1.84 bits per heavy atom. The molecule has 0 amide bonds. The quantitative estimate of drug-likeness (QED) is 0.823. The molecule has 2 rings (SSSR count). The van der Waals surface area contributed by atoms with Crippen LogP contribution in [0.5, 0.6) is 0 Å². The second-order valence-electron chi connectivity index (χ2n) is 5.38. The summed E-state index contributed by atoms with van der Waals surface area (Å²) in [4.78, 5) is 1.45. The Labute approximate surface area is 120 Å². The topological polar surface area (TPSA) is 12.0 Å². The second kappa shape index (κ2) is 6.88. The molecule has 0 fully saturated rings. The number of benzene rings is 1. The third-order valence-corrected chi connectivity index (χ3v) is 4.36. The van der Waals surface area contributed by atoms with Gasteiger partial charge in [0.15, 0.2) is 0 Å². The molecule has 0 radical (unpaired) electrons. The zero-order valence-electron chi connectivity index (χ0n) is 12.0. The molecule has 0 aliphatic rings. The Hall–Kier alpha value is -1.12. The fraction of sp³-hybridized carbons (Fsp3) is 0.412. The van der Waals surface area contributed by atoms with Gasteiger partial charge in [0.25, 0.3) is 0 Å². The number of hydrogen-bond donors (Lipinski definition) is 1. The van der Waals surface area contributed by atoms with Gasteiger partial charge in [-0.05, 0) is 35.9 Å². The average Bonchev–Trinajstić information content (AvgIpc) is 2.81. The van der Waals surface area contributed by atoms with Gasteiger partial charge < -0.3 is 5.32 Å². The molecule has 1 aromatic carbocycles. The molecule has 0 aliphatic heterocycles. The van der Waals surface area contributed by atoms with Crippen LogP contribution in [0.2, 0.25) is 0 Å². The van der Waals surface area contributed by atoms with Gasteiger partial charge in [-0.15, -0.1) is 11.3 Å². The summed E-state index contributed by atoms with van der Waals surface area (Å²) in [5.41, 5.74) is 2.92. The molecular formula is C17H23NS. The van der Waals surface area contributed by atoms with Gasteiger partial charge in [-0.25, -0.2) is 0 Å². The van der Waals surface area contributed by atoms with Gasteiger partial charge in [0.1, 0.15) is 0 Å². The van der Waals surface area contributed by atoms with Crippen molar-refractivity contribution in [3.63, 3.8) is 0 Å². The third kappa shape index (κ3) is 4.19. The van der Waals surface area contributed by atoms with Crippen molar-refractivity contribution in [3.05, 3.63) is 57.8 Å². The molecule has 0 saturated carbocycles. The van der Waals surface area contributed by atoms with Gasteiger partial charge in [-0.3, -0.25) is 0 Å². The van der Waals surface area contributed by atoms with E-state index in [2.05, 4.69) is 67.9 Å². The van der Waals surface area contributed by atoms with Crippen molar-refractivity contribution >= 4 is 11.3 Å². The summed E-state index contributed by atoms with van der Waals surface area (Å²) in [6.07, 6.45) is 1.12. The Balaban J connectivity index is 2.12. The maximum atomic E-state index is 3.58. The molecule has 1 unspecified atom stereocenters. The largest absolute Gasteiger partial charge is 0.314 e. The number of nitrogens with one attached hydrogen (secondary N) is 1. The van der Waals surface area contributed by atoms with Crippen LogP contribution in [0.1, 0.15) is 35.8 Å². The van der Waals surface area contributed by atoms with Crippen molar-refractivity contribution in [1.82, 2.24) is 5.32 Å². The van der Waals surface area contributed by atoms with Gasteiger partial charge in [0.2, 0.25) is 0 Å². The van der Waals surface area contributed by atoms with Crippen LogP contribution in [0.4, 0.5) is 0 Å². The number of rotatable bonds is 6. The summed E-state index contributed by atoms with van der Waals surface area (Å²) in [5, 5.41) is 5.78. The van der Waals surface area contributed by atoms with Gasteiger partial charge in [0, 0.05) is 23.4 Å². The number of aryl methyl sites for hydroxylation is 1. The van der Waals surface area contributed by atoms with Crippen molar-refractivity contribution < 1.29 is 0 Å². The van der Waals surface area contributed by atoms with Crippen LogP contribution in [-0.2, 0) is 6.42 Å². The van der Waals surface area contributed by atoms with E-state index in [1.165, 1.54) is 16.0 Å². The first-order chi connectivity index (χ1) is 9.16. The molecule has 19 heavy (non-hydrogen) atoms. The van der Waals surface area contributed by atoms with E-state index in [-0.39, 0.29) is 0 Å². The third-order valence-electron chi connectivity index (χ3n) is 3.48. The predicted octanol–water partition coefficient (Wildman–Crippen LogP) is 4.38. The van der Waals surface area contributed by atoms with E-state index in [4.69, 9.17) is 0 Å². The van der Waals surface area contributed by atoms with E-state index in [0.717, 1.165) is 13.0 Å². The number of hydrogen-bond acceptors (Lipinski definition) is 2. The van der Waals surface area contributed by atoms with Gasteiger partial charge in [-0.1, -0.05) is 44.2 Å². The van der Waals surface area contributed by atoms with E-state index in [9.17, 15) is 0 Å². The Kier molecular flexibility index (Phi) is 5.17. The molecule has 1 aromatic heterocycles. The van der Waals surface area contributed by atoms with Crippen LogP contribution in [0.15, 0.2) is 41.8 Å². The standard InChI is InChI=1S/C17H23NS/c1-13(2)18-12-17(15-7-5-4-6-8-15)11-16-9-10-19-14(16)3/h4-10,13,17-18H,11-12H2,1-3H3. The summed E-state index contributed by atoms with van der Waals surface area (Å²) in [6, 6.07) is 13.7. The molecule has 2 aromatic rings. The van der Waals surface area contributed by atoms with Crippen molar-refractivity contribution in [2.75, 3.05) is 6.54 Å². The molecular weight excluding hydrogens is 250 g/mol. The minimum Gasteiger partial charge on any atom is -0.314 e. The molecule has 1 nitrogen and oxygen atoms in total. The first-order valence-corrected chi connectivity index (χ1v) is 7.86. The van der Waals surface area contributed by atoms with Crippen LogP contribution in [0, 0.1) is 6.92 Å². The highest BCUT2D eigenvalue weighted by Crippen LogP contribution is 2.24. The lowest BCUT2D eigenvalue weighted by Crippen LogP contribution is -2.29. The lowest BCUT2D eigenvalue weighted by molar-refractivity contribution is 0.526. The Bertz CT molecular complexity index is 487. The molecule has 1 atom stereocenters. The Morgan fingerprint density at radius 1 is 1.11 bits per heavy atom. The minimum absolute atomic E-state index is 0.537. The highest BCUT2D eigenvalue weighted by molar-refractivity contribution is 7.10. The number of thiophene rings is 1. The summed E-state index contributed by atoms with van der Waals surface area (Å²) in [6.45, 7) is 7.67. The van der Waals surface area contributed by atoms with Crippen LogP contribution in [-0.4, -0.2) is 12.6 Å². The molecule has 1 heterocycles. The van der Waals surface area contributed by atoms with Gasteiger partial charge >= 0.3 is 0 Å². The molecule has 0 spiro atoms. The van der Waals surface area contributed by atoms with Crippen molar-refractivity contribution in [2.45, 2.75) is 39.2 Å². The summed E-state index contributed by atoms with van der Waals surface area (Å²) in [5.74, 6) is 0.553. The minimum atomic E-state index is 0.537. The lowest BCUT2D eigenvalue weighted by Gasteiger charge is -2.20. The predicted molar refractivity (Wildman–Crippen MR) is 85.1 cm³/mol. The Morgan fingerprint density at radius 3 is 2.42 bits per heavy atom. The second-order valence-corrected chi connectivity index (χ2v) is 6.50. The lowest BCUT2D eigenvalue weighted by atomic mass is 9.92. The first kappa shape index (κ1) is 14.3. The van der Waals surface area contributed by atoms with E-state index >= 15 is 0 Å². The van der Waals surface area contributed by atoms with Crippen LogP contribution in [0.25, 0.3) is 0 Å². The molecule has 0 bridgehead atoms. The van der Waals surface area contributed by atoms with Crippen molar-refractivity contribution in [1.29, 1.82) is 0 Å². The smallest absolute Gasteiger partial charge is 0.00464 e. The molecule has 0 saturated heterocycles. The highest BCUT2D eigenvalue weighted by atomic mass is 32.1. The van der Waals surface area contributed by atoms with Crippen LogP contribution in [0.3, 0.4) is 0 Å². The maximum absolute atomic E-state index is 3.58. The van der Waals surface area contributed by atoms with E-state index < -0.39 is 0 Å².